The molecule has 0 atom stereocenters. The van der Waals surface area contributed by atoms with Crippen molar-refractivity contribution in [3.8, 4) is 0 Å². The molecule has 0 saturated heterocycles. The molecule has 0 amide bonds. The number of nitrogens with one attached hydrogen (secondary N) is 3. The average Bonchev–Trinajstić information content (AvgIpc) is 2.33. The number of rotatable bonds is 0. The van der Waals surface area contributed by atoms with Crippen molar-refractivity contribution < 1.29 is 5.48 Å². The van der Waals surface area contributed by atoms with Crippen LogP contribution in [0.2, 0.25) is 0 Å². The highest BCUT2D eigenvalue weighted by Crippen LogP contribution is 2.20. The summed E-state index contributed by atoms with van der Waals surface area (Å²) in [4.78, 5) is 6.83. The maximum Gasteiger partial charge on any atom is 0.198 e. The van der Waals surface area contributed by atoms with E-state index in [4.69, 9.17) is 12.2 Å². The summed E-state index contributed by atoms with van der Waals surface area (Å²) in [6, 6.07) is 0. The molecule has 0 spiro atoms. The van der Waals surface area contributed by atoms with Crippen LogP contribution in [-0.4, -0.2) is 22.1 Å². The SMILES string of the molecule is O.S=c1ncc2c([nH]1)NCN2. The van der Waals surface area contributed by atoms with Crippen molar-refractivity contribution in [2.24, 2.45) is 0 Å². The molecule has 1 aliphatic rings. The van der Waals surface area contributed by atoms with E-state index in [0.717, 1.165) is 18.2 Å². The second kappa shape index (κ2) is 2.85. The quantitative estimate of drug-likeness (QED) is 0.485. The number of anilines is 2. The Hall–Kier alpha value is -1.14. The Kier molecular flexibility index (Phi) is 2.06. The third-order valence-corrected chi connectivity index (χ3v) is 1.56. The minimum Gasteiger partial charge on any atom is -0.412 e. The molecule has 0 saturated carbocycles. The lowest BCUT2D eigenvalue weighted by molar-refractivity contribution is 0.824. The Balaban J connectivity index is 0.000000605. The summed E-state index contributed by atoms with van der Waals surface area (Å²) < 4.78 is 0.509. The molecule has 1 aromatic heterocycles. The number of H-pyrrole nitrogens is 1. The molecule has 60 valence electrons. The largest absolute Gasteiger partial charge is 0.412 e. The van der Waals surface area contributed by atoms with Gasteiger partial charge < -0.3 is 21.1 Å². The van der Waals surface area contributed by atoms with Crippen LogP contribution in [0.15, 0.2) is 6.20 Å². The van der Waals surface area contributed by atoms with Crippen molar-refractivity contribution in [3.63, 3.8) is 0 Å². The highest BCUT2D eigenvalue weighted by atomic mass is 32.1. The summed E-state index contributed by atoms with van der Waals surface area (Å²) in [5.41, 5.74) is 0.980. The van der Waals surface area contributed by atoms with Crippen molar-refractivity contribution in [1.29, 1.82) is 0 Å². The maximum atomic E-state index is 4.82. The van der Waals surface area contributed by atoms with Crippen molar-refractivity contribution >= 4 is 23.7 Å². The van der Waals surface area contributed by atoms with Crippen molar-refractivity contribution in [3.05, 3.63) is 11.0 Å². The molecule has 0 bridgehead atoms. The van der Waals surface area contributed by atoms with Gasteiger partial charge in [-0.1, -0.05) is 0 Å². The Morgan fingerprint density at radius 1 is 1.45 bits per heavy atom. The van der Waals surface area contributed by atoms with Gasteiger partial charge in [0, 0.05) is 0 Å². The van der Waals surface area contributed by atoms with Gasteiger partial charge in [-0.05, 0) is 12.2 Å². The topological polar surface area (TPSA) is 84.2 Å². The molecule has 0 radical (unpaired) electrons. The first-order valence-electron chi connectivity index (χ1n) is 2.93. The maximum absolute atomic E-state index is 4.82. The molecule has 11 heavy (non-hydrogen) atoms. The molecule has 5 nitrogen and oxygen atoms in total. The van der Waals surface area contributed by atoms with Gasteiger partial charge >= 0.3 is 0 Å². The number of aromatic nitrogens is 2. The van der Waals surface area contributed by atoms with Crippen LogP contribution in [0.1, 0.15) is 0 Å². The standard InChI is InChI=1S/C5H6N4S.H2O/c10-5-6-1-3-4(9-5)8-2-7-3;/h1,7H,2H2,(H2,6,8,9,10);1H2. The van der Waals surface area contributed by atoms with Crippen molar-refractivity contribution in [1.82, 2.24) is 9.97 Å². The molecule has 0 fully saturated rings. The molecular formula is C5H8N4OS. The Bertz CT molecular complexity index is 310. The first-order valence-corrected chi connectivity index (χ1v) is 3.34. The lowest BCUT2D eigenvalue weighted by atomic mass is 10.5. The molecular weight excluding hydrogens is 164 g/mol. The molecule has 5 N–H and O–H groups in total. The van der Waals surface area contributed by atoms with Crippen LogP contribution < -0.4 is 10.6 Å². The van der Waals surface area contributed by atoms with Crippen molar-refractivity contribution in [2.45, 2.75) is 0 Å². The van der Waals surface area contributed by atoms with E-state index in [2.05, 4.69) is 20.6 Å². The van der Waals surface area contributed by atoms with Gasteiger partial charge in [0.25, 0.3) is 0 Å². The smallest absolute Gasteiger partial charge is 0.198 e. The highest BCUT2D eigenvalue weighted by molar-refractivity contribution is 7.71. The number of hydrogen-bond acceptors (Lipinski definition) is 4. The van der Waals surface area contributed by atoms with Crippen molar-refractivity contribution in [2.75, 3.05) is 17.3 Å². The van der Waals surface area contributed by atoms with E-state index < -0.39 is 0 Å². The number of aromatic amines is 1. The molecule has 2 heterocycles. The first kappa shape index (κ1) is 7.96. The summed E-state index contributed by atoms with van der Waals surface area (Å²) in [5.74, 6) is 0.931. The molecule has 1 aliphatic heterocycles. The van der Waals surface area contributed by atoms with Crippen LogP contribution in [0.3, 0.4) is 0 Å². The van der Waals surface area contributed by atoms with Gasteiger partial charge in [0.15, 0.2) is 4.77 Å². The number of hydrogen-bond donors (Lipinski definition) is 3. The fourth-order valence-corrected chi connectivity index (χ4v) is 1.05. The van der Waals surface area contributed by atoms with Gasteiger partial charge in [-0.15, -0.1) is 0 Å². The van der Waals surface area contributed by atoms with Gasteiger partial charge in [0.05, 0.1) is 18.6 Å². The second-order valence-electron chi connectivity index (χ2n) is 2.01. The zero-order valence-corrected chi connectivity index (χ0v) is 6.46. The predicted octanol–water partition coefficient (Wildman–Crippen LogP) is 0.109. The third-order valence-electron chi connectivity index (χ3n) is 1.36. The van der Waals surface area contributed by atoms with Gasteiger partial charge in [-0.2, -0.15) is 0 Å². The van der Waals surface area contributed by atoms with E-state index >= 15 is 0 Å². The fraction of sp³-hybridized carbons (Fsp3) is 0.200. The van der Waals surface area contributed by atoms with E-state index in [1.807, 2.05) is 0 Å². The highest BCUT2D eigenvalue weighted by Gasteiger charge is 2.07. The molecule has 1 aromatic rings. The minimum absolute atomic E-state index is 0. The molecule has 0 unspecified atom stereocenters. The lowest BCUT2D eigenvalue weighted by Gasteiger charge is -1.94. The normalized spacial score (nSPS) is 12.4. The van der Waals surface area contributed by atoms with Crippen LogP contribution in [0.25, 0.3) is 0 Å². The monoisotopic (exact) mass is 172 g/mol. The van der Waals surface area contributed by atoms with Crippen LogP contribution in [0, 0.1) is 4.77 Å². The zero-order valence-electron chi connectivity index (χ0n) is 5.64. The van der Waals surface area contributed by atoms with Crippen LogP contribution in [-0.2, 0) is 0 Å². The summed E-state index contributed by atoms with van der Waals surface area (Å²) in [7, 11) is 0. The van der Waals surface area contributed by atoms with Gasteiger partial charge in [-0.25, -0.2) is 4.98 Å². The minimum atomic E-state index is 0. The van der Waals surface area contributed by atoms with E-state index in [1.54, 1.807) is 6.20 Å². The van der Waals surface area contributed by atoms with Gasteiger partial charge in [0.2, 0.25) is 0 Å². The van der Waals surface area contributed by atoms with Crippen LogP contribution in [0.4, 0.5) is 11.5 Å². The molecule has 2 rings (SSSR count). The second-order valence-corrected chi connectivity index (χ2v) is 2.39. The van der Waals surface area contributed by atoms with Gasteiger partial charge in [0.1, 0.15) is 5.82 Å². The van der Waals surface area contributed by atoms with Gasteiger partial charge in [-0.3, -0.25) is 0 Å². The summed E-state index contributed by atoms with van der Waals surface area (Å²) >= 11 is 4.82. The van der Waals surface area contributed by atoms with E-state index in [-0.39, 0.29) is 5.48 Å². The van der Waals surface area contributed by atoms with E-state index in [9.17, 15) is 0 Å². The number of nitrogens with zero attached hydrogens (tertiary/aromatic N) is 1. The first-order chi connectivity index (χ1) is 4.86. The Morgan fingerprint density at radius 2 is 2.27 bits per heavy atom. The van der Waals surface area contributed by atoms with E-state index in [0.29, 0.717) is 4.77 Å². The number of fused-ring (bicyclic) bond motifs is 1. The summed E-state index contributed by atoms with van der Waals surface area (Å²) in [6.45, 7) is 0.742. The fourth-order valence-electron chi connectivity index (χ4n) is 0.896. The van der Waals surface area contributed by atoms with Crippen LogP contribution in [0.5, 0.6) is 0 Å². The summed E-state index contributed by atoms with van der Waals surface area (Å²) in [5, 5.41) is 6.14. The molecule has 0 aromatic carbocycles. The van der Waals surface area contributed by atoms with E-state index in [1.165, 1.54) is 0 Å². The molecule has 6 heteroatoms. The lowest BCUT2D eigenvalue weighted by Crippen LogP contribution is -1.99. The molecule has 0 aliphatic carbocycles. The summed E-state index contributed by atoms with van der Waals surface area (Å²) in [6.07, 6.45) is 1.72. The zero-order chi connectivity index (χ0) is 6.97. The van der Waals surface area contributed by atoms with Crippen LogP contribution >= 0.6 is 12.2 Å². The average molecular weight is 172 g/mol. The Labute approximate surface area is 68.2 Å². The third kappa shape index (κ3) is 1.31. The Morgan fingerprint density at radius 3 is 3.09 bits per heavy atom. The predicted molar refractivity (Wildman–Crippen MR) is 45.1 cm³/mol.